The number of carbonyl (C=O) groups excluding carboxylic acids is 2. The third kappa shape index (κ3) is 5.51. The summed E-state index contributed by atoms with van der Waals surface area (Å²) in [4.78, 5) is 23.2. The van der Waals surface area contributed by atoms with Crippen LogP contribution in [0.25, 0.3) is 6.08 Å². The predicted molar refractivity (Wildman–Crippen MR) is 75.6 cm³/mol. The maximum atomic E-state index is 11.9. The summed E-state index contributed by atoms with van der Waals surface area (Å²) in [6.45, 7) is 3.97. The van der Waals surface area contributed by atoms with Crippen LogP contribution in [0, 0.1) is 0 Å². The van der Waals surface area contributed by atoms with Crippen molar-refractivity contribution in [1.82, 2.24) is 0 Å². The van der Waals surface area contributed by atoms with E-state index in [4.69, 9.17) is 4.74 Å². The lowest BCUT2D eigenvalue weighted by Crippen LogP contribution is -2.07. The molecule has 0 radical (unpaired) electrons. The van der Waals surface area contributed by atoms with Gasteiger partial charge in [0.2, 0.25) is 0 Å². The van der Waals surface area contributed by atoms with Crippen LogP contribution >= 0.6 is 0 Å². The molecule has 0 atom stereocenters. The number of Topliss-reactive ketones (excluding diaryl/α,β-unsaturated/α-hetero) is 1. The van der Waals surface area contributed by atoms with Crippen LogP contribution in [0.1, 0.15) is 38.7 Å². The van der Waals surface area contributed by atoms with Crippen molar-refractivity contribution in [2.24, 2.45) is 0 Å². The van der Waals surface area contributed by atoms with Crippen LogP contribution in [0.4, 0.5) is 0 Å². The number of ketones is 1. The molecule has 0 unspecified atom stereocenters. The van der Waals surface area contributed by atoms with Gasteiger partial charge in [-0.05, 0) is 30.6 Å². The predicted octanol–water partition coefficient (Wildman–Crippen LogP) is 3.39. The Bertz CT molecular complexity index is 446. The van der Waals surface area contributed by atoms with Gasteiger partial charge in [-0.2, -0.15) is 0 Å². The first-order valence-electron chi connectivity index (χ1n) is 6.61. The highest BCUT2D eigenvalue weighted by atomic mass is 16.5. The van der Waals surface area contributed by atoms with Crippen molar-refractivity contribution in [2.75, 3.05) is 6.61 Å². The van der Waals surface area contributed by atoms with Gasteiger partial charge in [0.05, 0.1) is 6.61 Å². The minimum absolute atomic E-state index is 0.0770. The number of hydrogen-bond acceptors (Lipinski definition) is 3. The van der Waals surface area contributed by atoms with E-state index in [9.17, 15) is 9.59 Å². The van der Waals surface area contributed by atoms with Gasteiger partial charge in [-0.3, -0.25) is 9.59 Å². The average Bonchev–Trinajstić information content (AvgIpc) is 2.44. The summed E-state index contributed by atoms with van der Waals surface area (Å²) in [5, 5.41) is 0. The molecule has 0 aliphatic rings. The summed E-state index contributed by atoms with van der Waals surface area (Å²) in [5.41, 5.74) is 1.66. The first kappa shape index (κ1) is 15.2. The third-order valence-corrected chi connectivity index (χ3v) is 2.72. The van der Waals surface area contributed by atoms with Crippen molar-refractivity contribution in [2.45, 2.75) is 33.1 Å². The van der Waals surface area contributed by atoms with E-state index in [1.165, 1.54) is 0 Å². The Balaban J connectivity index is 2.76. The Hall–Kier alpha value is -1.90. The smallest absolute Gasteiger partial charge is 0.306 e. The van der Waals surface area contributed by atoms with Gasteiger partial charge in [-0.25, -0.2) is 0 Å². The fraction of sp³-hybridized carbons (Fsp3) is 0.375. The molecule has 0 saturated carbocycles. The summed E-state index contributed by atoms with van der Waals surface area (Å²) in [5.74, 6) is -0.182. The van der Waals surface area contributed by atoms with Gasteiger partial charge < -0.3 is 4.74 Å². The van der Waals surface area contributed by atoms with Gasteiger partial charge in [0, 0.05) is 12.8 Å². The van der Waals surface area contributed by atoms with Gasteiger partial charge >= 0.3 is 5.97 Å². The normalized spacial score (nSPS) is 11.2. The van der Waals surface area contributed by atoms with Crippen LogP contribution in [0.3, 0.4) is 0 Å². The van der Waals surface area contributed by atoms with Gasteiger partial charge in [0.15, 0.2) is 5.78 Å². The van der Waals surface area contributed by atoms with Crippen LogP contribution in [0.5, 0.6) is 0 Å². The molecule has 1 aromatic carbocycles. The zero-order valence-corrected chi connectivity index (χ0v) is 11.5. The first-order valence-corrected chi connectivity index (χ1v) is 6.61. The molecule has 0 spiro atoms. The molecular weight excluding hydrogens is 240 g/mol. The van der Waals surface area contributed by atoms with Crippen molar-refractivity contribution in [1.29, 1.82) is 0 Å². The van der Waals surface area contributed by atoms with E-state index in [2.05, 4.69) is 0 Å². The number of carbonyl (C=O) groups is 2. The summed E-state index contributed by atoms with van der Waals surface area (Å²) >= 11 is 0. The van der Waals surface area contributed by atoms with E-state index in [1.807, 2.05) is 43.3 Å². The van der Waals surface area contributed by atoms with E-state index in [0.29, 0.717) is 25.0 Å². The molecule has 1 rings (SSSR count). The molecule has 0 heterocycles. The lowest BCUT2D eigenvalue weighted by atomic mass is 10.0. The molecule has 19 heavy (non-hydrogen) atoms. The zero-order chi connectivity index (χ0) is 14.1. The van der Waals surface area contributed by atoms with Gasteiger partial charge in [-0.15, -0.1) is 0 Å². The summed E-state index contributed by atoms with van der Waals surface area (Å²) in [7, 11) is 0. The topological polar surface area (TPSA) is 43.4 Å². The molecular formula is C16H20O3. The quantitative estimate of drug-likeness (QED) is 0.557. The monoisotopic (exact) mass is 260 g/mol. The maximum absolute atomic E-state index is 11.9. The highest BCUT2D eigenvalue weighted by molar-refractivity contribution is 5.99. The Morgan fingerprint density at radius 1 is 1.11 bits per heavy atom. The minimum Gasteiger partial charge on any atom is -0.466 e. The summed E-state index contributed by atoms with van der Waals surface area (Å²) in [6, 6.07) is 9.65. The highest BCUT2D eigenvalue weighted by Crippen LogP contribution is 2.14. The lowest BCUT2D eigenvalue weighted by Gasteiger charge is -2.06. The van der Waals surface area contributed by atoms with Crippen molar-refractivity contribution in [3.63, 3.8) is 0 Å². The van der Waals surface area contributed by atoms with Gasteiger partial charge in [0.25, 0.3) is 0 Å². The van der Waals surface area contributed by atoms with Crippen LogP contribution < -0.4 is 0 Å². The molecule has 0 aliphatic carbocycles. The Morgan fingerprint density at radius 3 is 2.37 bits per heavy atom. The summed E-state index contributed by atoms with van der Waals surface area (Å²) in [6.07, 6.45) is 2.98. The number of hydrogen-bond donors (Lipinski definition) is 0. The fourth-order valence-electron chi connectivity index (χ4n) is 1.74. The van der Waals surface area contributed by atoms with Crippen LogP contribution in [-0.2, 0) is 14.3 Å². The Kier molecular flexibility index (Phi) is 6.58. The van der Waals surface area contributed by atoms with Gasteiger partial charge in [0.1, 0.15) is 0 Å². The summed E-state index contributed by atoms with van der Waals surface area (Å²) < 4.78 is 4.88. The fourth-order valence-corrected chi connectivity index (χ4v) is 1.74. The van der Waals surface area contributed by atoms with Crippen LogP contribution in [-0.4, -0.2) is 18.4 Å². The standard InChI is InChI=1S/C16H20O3/c1-3-15(17)14(10-11-16(18)19-4-2)12-13-8-6-5-7-9-13/h5-9,12H,3-4,10-11H2,1-2H3/b14-12+. The third-order valence-electron chi connectivity index (χ3n) is 2.72. The molecule has 3 nitrogen and oxygen atoms in total. The van der Waals surface area contributed by atoms with E-state index < -0.39 is 0 Å². The largest absolute Gasteiger partial charge is 0.466 e. The number of benzene rings is 1. The van der Waals surface area contributed by atoms with E-state index in [-0.39, 0.29) is 18.2 Å². The Morgan fingerprint density at radius 2 is 1.79 bits per heavy atom. The molecule has 0 saturated heterocycles. The van der Waals surface area contributed by atoms with E-state index >= 15 is 0 Å². The second-order valence-corrected chi connectivity index (χ2v) is 4.16. The highest BCUT2D eigenvalue weighted by Gasteiger charge is 2.10. The van der Waals surface area contributed by atoms with E-state index in [1.54, 1.807) is 6.92 Å². The molecule has 0 aliphatic heterocycles. The number of ether oxygens (including phenoxy) is 1. The van der Waals surface area contributed by atoms with E-state index in [0.717, 1.165) is 5.56 Å². The van der Waals surface area contributed by atoms with Crippen molar-refractivity contribution < 1.29 is 14.3 Å². The number of esters is 1. The molecule has 0 bridgehead atoms. The van der Waals surface area contributed by atoms with Crippen LogP contribution in [0.15, 0.2) is 35.9 Å². The second kappa shape index (κ2) is 8.25. The molecule has 0 aromatic heterocycles. The maximum Gasteiger partial charge on any atom is 0.306 e. The molecule has 0 amide bonds. The number of allylic oxidation sites excluding steroid dienone is 1. The minimum atomic E-state index is -0.259. The zero-order valence-electron chi connectivity index (χ0n) is 11.5. The first-order chi connectivity index (χ1) is 9.17. The molecule has 1 aromatic rings. The number of rotatable bonds is 7. The molecule has 102 valence electrons. The Labute approximate surface area is 114 Å². The molecule has 3 heteroatoms. The van der Waals surface area contributed by atoms with Crippen molar-refractivity contribution in [3.05, 3.63) is 41.5 Å². The molecule has 0 N–H and O–H groups in total. The SMILES string of the molecule is CCOC(=O)CC/C(=C\c1ccccc1)C(=O)CC. The lowest BCUT2D eigenvalue weighted by molar-refractivity contribution is -0.143. The van der Waals surface area contributed by atoms with Crippen LogP contribution in [0.2, 0.25) is 0 Å². The van der Waals surface area contributed by atoms with Crippen molar-refractivity contribution in [3.8, 4) is 0 Å². The second-order valence-electron chi connectivity index (χ2n) is 4.16. The molecule has 0 fully saturated rings. The van der Waals surface area contributed by atoms with Gasteiger partial charge in [-0.1, -0.05) is 37.3 Å². The average molecular weight is 260 g/mol. The van der Waals surface area contributed by atoms with Crippen molar-refractivity contribution >= 4 is 17.8 Å².